The first-order valence-electron chi connectivity index (χ1n) is 8.33. The van der Waals surface area contributed by atoms with Crippen molar-refractivity contribution in [1.82, 2.24) is 4.90 Å². The molecular weight excluding hydrogens is 300 g/mol. The molecule has 1 aliphatic heterocycles. The lowest BCUT2D eigenvalue weighted by Crippen LogP contribution is -2.36. The Balaban J connectivity index is 1.51. The molecule has 0 aliphatic carbocycles. The molecule has 1 N–H and O–H groups in total. The predicted octanol–water partition coefficient (Wildman–Crippen LogP) is 3.28. The van der Waals surface area contributed by atoms with Crippen LogP contribution in [0.1, 0.15) is 34.8 Å². The van der Waals surface area contributed by atoms with Gasteiger partial charge in [-0.2, -0.15) is 0 Å². The molecular formula is C20H22N2O2. The monoisotopic (exact) mass is 322 g/mol. The van der Waals surface area contributed by atoms with Gasteiger partial charge in [0.15, 0.2) is 5.78 Å². The topological polar surface area (TPSA) is 49.4 Å². The van der Waals surface area contributed by atoms with E-state index in [2.05, 4.69) is 23.5 Å². The van der Waals surface area contributed by atoms with Crippen molar-refractivity contribution in [1.29, 1.82) is 0 Å². The maximum atomic E-state index is 12.4. The summed E-state index contributed by atoms with van der Waals surface area (Å²) in [6.07, 6.45) is 1.38. The lowest BCUT2D eigenvalue weighted by molar-refractivity contribution is -0.131. The quantitative estimate of drug-likeness (QED) is 0.860. The van der Waals surface area contributed by atoms with Crippen molar-refractivity contribution in [2.45, 2.75) is 26.3 Å². The fourth-order valence-corrected chi connectivity index (χ4v) is 3.03. The average Bonchev–Trinajstić information content (AvgIpc) is 2.61. The lowest BCUT2D eigenvalue weighted by Gasteiger charge is -2.29. The number of rotatable bonds is 5. The summed E-state index contributed by atoms with van der Waals surface area (Å²) < 4.78 is 0. The Bertz CT molecular complexity index is 755. The summed E-state index contributed by atoms with van der Waals surface area (Å²) in [6, 6.07) is 15.7. The number of nitrogens with one attached hydrogen (secondary N) is 1. The van der Waals surface area contributed by atoms with E-state index in [1.807, 2.05) is 29.2 Å². The third kappa shape index (κ3) is 3.82. The second-order valence-electron chi connectivity index (χ2n) is 6.15. The molecule has 0 aromatic heterocycles. The van der Waals surface area contributed by atoms with Crippen LogP contribution in [0, 0.1) is 0 Å². The predicted molar refractivity (Wildman–Crippen MR) is 95.1 cm³/mol. The highest BCUT2D eigenvalue weighted by Gasteiger charge is 2.19. The minimum atomic E-state index is 0.0432. The van der Waals surface area contributed by atoms with Gasteiger partial charge in [0.2, 0.25) is 5.91 Å². The summed E-state index contributed by atoms with van der Waals surface area (Å²) in [5.41, 5.74) is 4.15. The number of benzene rings is 2. The highest BCUT2D eigenvalue weighted by atomic mass is 16.2. The summed E-state index contributed by atoms with van der Waals surface area (Å²) >= 11 is 0. The zero-order chi connectivity index (χ0) is 16.9. The number of anilines is 1. The van der Waals surface area contributed by atoms with Gasteiger partial charge in [0, 0.05) is 37.3 Å². The van der Waals surface area contributed by atoms with Gasteiger partial charge in [-0.15, -0.1) is 0 Å². The van der Waals surface area contributed by atoms with Crippen LogP contribution < -0.4 is 5.32 Å². The summed E-state index contributed by atoms with van der Waals surface area (Å²) in [7, 11) is 0. The number of hydrogen-bond donors (Lipinski definition) is 1. The van der Waals surface area contributed by atoms with Crippen molar-refractivity contribution < 1.29 is 9.59 Å². The number of carbonyl (C=O) groups is 2. The average molecular weight is 322 g/mol. The Kier molecular flexibility index (Phi) is 4.94. The van der Waals surface area contributed by atoms with Crippen molar-refractivity contribution in [3.8, 4) is 0 Å². The van der Waals surface area contributed by atoms with E-state index in [0.29, 0.717) is 25.1 Å². The van der Waals surface area contributed by atoms with Gasteiger partial charge in [-0.25, -0.2) is 0 Å². The molecule has 2 aromatic rings. The molecule has 4 heteroatoms. The second kappa shape index (κ2) is 7.30. The number of fused-ring (bicyclic) bond motifs is 1. The van der Waals surface area contributed by atoms with Crippen LogP contribution in [-0.2, 0) is 17.8 Å². The Hall–Kier alpha value is -2.62. The van der Waals surface area contributed by atoms with Crippen molar-refractivity contribution in [3.05, 3.63) is 65.2 Å². The first-order chi connectivity index (χ1) is 11.6. The maximum absolute atomic E-state index is 12.4. The van der Waals surface area contributed by atoms with Crippen LogP contribution in [0.3, 0.4) is 0 Å². The number of amides is 1. The van der Waals surface area contributed by atoms with Crippen LogP contribution in [0.5, 0.6) is 0 Å². The van der Waals surface area contributed by atoms with E-state index >= 15 is 0 Å². The Morgan fingerprint density at radius 3 is 2.67 bits per heavy atom. The second-order valence-corrected chi connectivity index (χ2v) is 6.15. The van der Waals surface area contributed by atoms with Gasteiger partial charge in [0.05, 0.1) is 0 Å². The van der Waals surface area contributed by atoms with Gasteiger partial charge < -0.3 is 10.2 Å². The molecule has 3 rings (SSSR count). The number of carbonyl (C=O) groups excluding carboxylic acids is 2. The molecule has 24 heavy (non-hydrogen) atoms. The van der Waals surface area contributed by atoms with E-state index in [1.165, 1.54) is 11.1 Å². The summed E-state index contributed by atoms with van der Waals surface area (Å²) in [5.74, 6) is 0.210. The molecule has 1 heterocycles. The Labute approximate surface area is 142 Å². The normalized spacial score (nSPS) is 13.3. The van der Waals surface area contributed by atoms with Crippen LogP contribution in [0.4, 0.5) is 5.69 Å². The van der Waals surface area contributed by atoms with Gasteiger partial charge in [-0.1, -0.05) is 36.4 Å². The highest BCUT2D eigenvalue weighted by molar-refractivity contribution is 5.94. The maximum Gasteiger partial charge on any atom is 0.224 e. The first-order valence-corrected chi connectivity index (χ1v) is 8.33. The Morgan fingerprint density at radius 1 is 1.08 bits per heavy atom. The van der Waals surface area contributed by atoms with E-state index in [-0.39, 0.29) is 11.7 Å². The fourth-order valence-electron chi connectivity index (χ4n) is 3.03. The summed E-state index contributed by atoms with van der Waals surface area (Å²) in [5, 5.41) is 3.23. The van der Waals surface area contributed by atoms with E-state index in [1.54, 1.807) is 13.0 Å². The molecule has 2 aromatic carbocycles. The number of hydrogen-bond acceptors (Lipinski definition) is 3. The van der Waals surface area contributed by atoms with Gasteiger partial charge in [-0.05, 0) is 36.6 Å². The van der Waals surface area contributed by atoms with Crippen LogP contribution in [-0.4, -0.2) is 29.7 Å². The molecule has 0 radical (unpaired) electrons. The molecule has 0 saturated carbocycles. The van der Waals surface area contributed by atoms with Crippen LogP contribution in [0.25, 0.3) is 0 Å². The standard InChI is InChI=1S/C20H22N2O2/c1-15(23)17-7-4-8-19(13-17)21-11-9-20(24)22-12-10-16-5-2-3-6-18(16)14-22/h2-8,13,21H,9-12,14H2,1H3. The number of ketones is 1. The third-order valence-corrected chi connectivity index (χ3v) is 4.42. The largest absolute Gasteiger partial charge is 0.385 e. The molecule has 0 fully saturated rings. The molecule has 4 nitrogen and oxygen atoms in total. The Morgan fingerprint density at radius 2 is 1.88 bits per heavy atom. The highest BCUT2D eigenvalue weighted by Crippen LogP contribution is 2.19. The zero-order valence-corrected chi connectivity index (χ0v) is 13.9. The summed E-state index contributed by atoms with van der Waals surface area (Å²) in [4.78, 5) is 25.7. The molecule has 0 atom stereocenters. The van der Waals surface area contributed by atoms with Crippen molar-refractivity contribution in [3.63, 3.8) is 0 Å². The molecule has 0 spiro atoms. The third-order valence-electron chi connectivity index (χ3n) is 4.42. The minimum absolute atomic E-state index is 0.0432. The van der Waals surface area contributed by atoms with E-state index < -0.39 is 0 Å². The molecule has 0 unspecified atom stereocenters. The minimum Gasteiger partial charge on any atom is -0.385 e. The zero-order valence-electron chi connectivity index (χ0n) is 13.9. The SMILES string of the molecule is CC(=O)c1cccc(NCCC(=O)N2CCc3ccccc3C2)c1. The van der Waals surface area contributed by atoms with E-state index in [0.717, 1.165) is 18.7 Å². The van der Waals surface area contributed by atoms with Gasteiger partial charge >= 0.3 is 0 Å². The van der Waals surface area contributed by atoms with Gasteiger partial charge in [0.25, 0.3) is 0 Å². The smallest absolute Gasteiger partial charge is 0.224 e. The number of nitrogens with zero attached hydrogens (tertiary/aromatic N) is 1. The van der Waals surface area contributed by atoms with Crippen LogP contribution in [0.2, 0.25) is 0 Å². The summed E-state index contributed by atoms with van der Waals surface area (Å²) in [6.45, 7) is 3.61. The molecule has 1 aliphatic rings. The molecule has 124 valence electrons. The number of Topliss-reactive ketones (excluding diaryl/α,β-unsaturated/α-hetero) is 1. The van der Waals surface area contributed by atoms with E-state index in [9.17, 15) is 9.59 Å². The van der Waals surface area contributed by atoms with Gasteiger partial charge in [0.1, 0.15) is 0 Å². The molecule has 0 bridgehead atoms. The van der Waals surface area contributed by atoms with Crippen molar-refractivity contribution >= 4 is 17.4 Å². The van der Waals surface area contributed by atoms with Crippen molar-refractivity contribution in [2.75, 3.05) is 18.4 Å². The van der Waals surface area contributed by atoms with Crippen LogP contribution in [0.15, 0.2) is 48.5 Å². The molecule has 0 saturated heterocycles. The molecule has 1 amide bonds. The lowest BCUT2D eigenvalue weighted by atomic mass is 10.00. The fraction of sp³-hybridized carbons (Fsp3) is 0.300. The van der Waals surface area contributed by atoms with Crippen molar-refractivity contribution in [2.24, 2.45) is 0 Å². The van der Waals surface area contributed by atoms with Gasteiger partial charge in [-0.3, -0.25) is 9.59 Å². The van der Waals surface area contributed by atoms with Crippen LogP contribution >= 0.6 is 0 Å². The van der Waals surface area contributed by atoms with E-state index in [4.69, 9.17) is 0 Å². The first kappa shape index (κ1) is 16.2.